The number of ether oxygens (including phenoxy) is 1. The fraction of sp³-hybridized carbons (Fsp3) is 0.917. The zero-order chi connectivity index (χ0) is 11.4. The Bertz CT molecular complexity index is 239. The summed E-state index contributed by atoms with van der Waals surface area (Å²) in [4.78, 5) is 14.2. The first-order valence-corrected chi connectivity index (χ1v) is 6.45. The first kappa shape index (κ1) is 11.9. The highest BCUT2D eigenvalue weighted by Gasteiger charge is 2.29. The number of amides is 1. The second kappa shape index (κ2) is 5.64. The van der Waals surface area contributed by atoms with Crippen LogP contribution in [0, 0.1) is 0 Å². The third-order valence-corrected chi connectivity index (χ3v) is 3.51. The molecular formula is C12H22N2O2. The Morgan fingerprint density at radius 2 is 2.38 bits per heavy atom. The molecule has 0 aromatic rings. The molecule has 92 valence electrons. The van der Waals surface area contributed by atoms with Crippen LogP contribution in [0.2, 0.25) is 0 Å². The third kappa shape index (κ3) is 2.74. The van der Waals surface area contributed by atoms with Crippen molar-refractivity contribution in [1.29, 1.82) is 0 Å². The SMILES string of the molecule is CCC1CN(C(=O)C2CCCCN2)CCO1. The Kier molecular flexibility index (Phi) is 4.18. The predicted molar refractivity (Wildman–Crippen MR) is 62.3 cm³/mol. The van der Waals surface area contributed by atoms with Gasteiger partial charge in [0.05, 0.1) is 18.8 Å². The first-order chi connectivity index (χ1) is 7.81. The summed E-state index contributed by atoms with van der Waals surface area (Å²) < 4.78 is 5.58. The van der Waals surface area contributed by atoms with Gasteiger partial charge in [-0.3, -0.25) is 4.79 Å². The van der Waals surface area contributed by atoms with Crippen molar-refractivity contribution in [3.05, 3.63) is 0 Å². The molecule has 2 heterocycles. The van der Waals surface area contributed by atoms with E-state index in [1.54, 1.807) is 0 Å². The number of hydrogen-bond donors (Lipinski definition) is 1. The maximum atomic E-state index is 12.2. The highest BCUT2D eigenvalue weighted by atomic mass is 16.5. The van der Waals surface area contributed by atoms with Gasteiger partial charge in [0.2, 0.25) is 5.91 Å². The molecular weight excluding hydrogens is 204 g/mol. The Morgan fingerprint density at radius 1 is 1.50 bits per heavy atom. The number of rotatable bonds is 2. The van der Waals surface area contributed by atoms with Crippen LogP contribution in [0.1, 0.15) is 32.6 Å². The maximum Gasteiger partial charge on any atom is 0.239 e. The van der Waals surface area contributed by atoms with Crippen LogP contribution >= 0.6 is 0 Å². The summed E-state index contributed by atoms with van der Waals surface area (Å²) >= 11 is 0. The number of nitrogens with zero attached hydrogens (tertiary/aromatic N) is 1. The van der Waals surface area contributed by atoms with E-state index in [0.717, 1.165) is 32.5 Å². The lowest BCUT2D eigenvalue weighted by Crippen LogP contribution is -2.53. The molecule has 0 radical (unpaired) electrons. The van der Waals surface area contributed by atoms with Crippen molar-refractivity contribution in [2.24, 2.45) is 0 Å². The van der Waals surface area contributed by atoms with E-state index >= 15 is 0 Å². The lowest BCUT2D eigenvalue weighted by Gasteiger charge is -2.35. The molecule has 0 aromatic heterocycles. The zero-order valence-electron chi connectivity index (χ0n) is 10.1. The van der Waals surface area contributed by atoms with Gasteiger partial charge in [-0.1, -0.05) is 13.3 Å². The van der Waals surface area contributed by atoms with E-state index in [1.807, 2.05) is 4.90 Å². The zero-order valence-corrected chi connectivity index (χ0v) is 10.1. The molecule has 2 unspecified atom stereocenters. The van der Waals surface area contributed by atoms with E-state index in [1.165, 1.54) is 12.8 Å². The average molecular weight is 226 g/mol. The van der Waals surface area contributed by atoms with Crippen molar-refractivity contribution in [3.63, 3.8) is 0 Å². The van der Waals surface area contributed by atoms with E-state index in [2.05, 4.69) is 12.2 Å². The molecule has 2 saturated heterocycles. The van der Waals surface area contributed by atoms with Gasteiger partial charge in [-0.15, -0.1) is 0 Å². The second-order valence-corrected chi connectivity index (χ2v) is 4.69. The number of carbonyl (C=O) groups is 1. The highest BCUT2D eigenvalue weighted by Crippen LogP contribution is 2.14. The van der Waals surface area contributed by atoms with E-state index < -0.39 is 0 Å². The number of morpholine rings is 1. The number of piperidine rings is 1. The van der Waals surface area contributed by atoms with Crippen molar-refractivity contribution in [2.75, 3.05) is 26.2 Å². The summed E-state index contributed by atoms with van der Waals surface area (Å²) in [5.74, 6) is 0.279. The maximum absolute atomic E-state index is 12.2. The van der Waals surface area contributed by atoms with Gasteiger partial charge in [-0.2, -0.15) is 0 Å². The second-order valence-electron chi connectivity index (χ2n) is 4.69. The molecule has 0 spiro atoms. The van der Waals surface area contributed by atoms with Gasteiger partial charge in [-0.25, -0.2) is 0 Å². The van der Waals surface area contributed by atoms with Crippen LogP contribution < -0.4 is 5.32 Å². The van der Waals surface area contributed by atoms with Gasteiger partial charge in [0.15, 0.2) is 0 Å². The normalized spacial score (nSPS) is 31.4. The van der Waals surface area contributed by atoms with Crippen LogP contribution in [0.3, 0.4) is 0 Å². The molecule has 2 rings (SSSR count). The first-order valence-electron chi connectivity index (χ1n) is 6.45. The minimum atomic E-state index is 0.0596. The van der Waals surface area contributed by atoms with Crippen LogP contribution in [0.15, 0.2) is 0 Å². The molecule has 1 amide bonds. The van der Waals surface area contributed by atoms with Gasteiger partial charge < -0.3 is 15.0 Å². The molecule has 2 aliphatic rings. The average Bonchev–Trinajstić information content (AvgIpc) is 2.39. The fourth-order valence-electron chi connectivity index (χ4n) is 2.45. The number of hydrogen-bond acceptors (Lipinski definition) is 3. The van der Waals surface area contributed by atoms with Crippen molar-refractivity contribution >= 4 is 5.91 Å². The Hall–Kier alpha value is -0.610. The Balaban J connectivity index is 1.87. The van der Waals surface area contributed by atoms with Crippen molar-refractivity contribution in [2.45, 2.75) is 44.8 Å². The van der Waals surface area contributed by atoms with Crippen LogP contribution in [-0.4, -0.2) is 49.2 Å². The molecule has 2 aliphatic heterocycles. The smallest absolute Gasteiger partial charge is 0.239 e. The summed E-state index contributed by atoms with van der Waals surface area (Å²) in [7, 11) is 0. The summed E-state index contributed by atoms with van der Waals surface area (Å²) in [5, 5.41) is 3.32. The van der Waals surface area contributed by atoms with Crippen molar-refractivity contribution in [3.8, 4) is 0 Å². The Morgan fingerprint density at radius 3 is 3.06 bits per heavy atom. The summed E-state index contributed by atoms with van der Waals surface area (Å²) in [6.45, 7) is 5.31. The molecule has 0 aromatic carbocycles. The highest BCUT2D eigenvalue weighted by molar-refractivity contribution is 5.82. The van der Waals surface area contributed by atoms with Gasteiger partial charge in [0.1, 0.15) is 0 Å². The van der Waals surface area contributed by atoms with Crippen LogP contribution in [0.25, 0.3) is 0 Å². The van der Waals surface area contributed by atoms with Crippen molar-refractivity contribution < 1.29 is 9.53 Å². The van der Waals surface area contributed by atoms with Gasteiger partial charge in [-0.05, 0) is 25.8 Å². The van der Waals surface area contributed by atoms with Gasteiger partial charge in [0.25, 0.3) is 0 Å². The molecule has 0 aliphatic carbocycles. The monoisotopic (exact) mass is 226 g/mol. The predicted octanol–water partition coefficient (Wildman–Crippen LogP) is 0.766. The summed E-state index contributed by atoms with van der Waals surface area (Å²) in [6.07, 6.45) is 4.59. The quantitative estimate of drug-likeness (QED) is 0.756. The summed E-state index contributed by atoms with van der Waals surface area (Å²) in [6, 6.07) is 0.0596. The molecule has 0 saturated carbocycles. The topological polar surface area (TPSA) is 41.6 Å². The molecule has 2 atom stereocenters. The molecule has 16 heavy (non-hydrogen) atoms. The lowest BCUT2D eigenvalue weighted by atomic mass is 10.0. The standard InChI is InChI=1S/C12H22N2O2/c1-2-10-9-14(7-8-16-10)12(15)11-5-3-4-6-13-11/h10-11,13H,2-9H2,1H3. The molecule has 4 heteroatoms. The van der Waals surface area contributed by atoms with Gasteiger partial charge in [0, 0.05) is 13.1 Å². The largest absolute Gasteiger partial charge is 0.375 e. The van der Waals surface area contributed by atoms with Crippen LogP contribution in [0.5, 0.6) is 0 Å². The number of nitrogens with one attached hydrogen (secondary N) is 1. The molecule has 4 nitrogen and oxygen atoms in total. The van der Waals surface area contributed by atoms with E-state index in [-0.39, 0.29) is 18.1 Å². The minimum Gasteiger partial charge on any atom is -0.375 e. The molecule has 2 fully saturated rings. The fourth-order valence-corrected chi connectivity index (χ4v) is 2.45. The van der Waals surface area contributed by atoms with Crippen LogP contribution in [0.4, 0.5) is 0 Å². The summed E-state index contributed by atoms with van der Waals surface area (Å²) in [5.41, 5.74) is 0. The van der Waals surface area contributed by atoms with Gasteiger partial charge >= 0.3 is 0 Å². The minimum absolute atomic E-state index is 0.0596. The Labute approximate surface area is 97.3 Å². The van der Waals surface area contributed by atoms with Crippen LogP contribution in [-0.2, 0) is 9.53 Å². The lowest BCUT2D eigenvalue weighted by molar-refractivity contribution is -0.141. The van der Waals surface area contributed by atoms with E-state index in [0.29, 0.717) is 6.61 Å². The van der Waals surface area contributed by atoms with E-state index in [9.17, 15) is 4.79 Å². The number of carbonyl (C=O) groups excluding carboxylic acids is 1. The molecule has 1 N–H and O–H groups in total. The third-order valence-electron chi connectivity index (χ3n) is 3.51. The van der Waals surface area contributed by atoms with Crippen molar-refractivity contribution in [1.82, 2.24) is 10.2 Å². The van der Waals surface area contributed by atoms with E-state index in [4.69, 9.17) is 4.74 Å². The molecule has 0 bridgehead atoms.